The van der Waals surface area contributed by atoms with E-state index in [0.29, 0.717) is 12.1 Å². The van der Waals surface area contributed by atoms with E-state index in [1.807, 2.05) is 12.3 Å². The lowest BCUT2D eigenvalue weighted by molar-refractivity contribution is -0.287. The van der Waals surface area contributed by atoms with E-state index in [1.54, 1.807) is 18.5 Å². The lowest BCUT2D eigenvalue weighted by Crippen LogP contribution is -2.38. The van der Waals surface area contributed by atoms with Crippen molar-refractivity contribution in [2.45, 2.75) is 25.7 Å². The number of nitrogens with one attached hydrogen (secondary N) is 1. The molecule has 5 N–H and O–H groups in total. The van der Waals surface area contributed by atoms with Crippen LogP contribution in [0.2, 0.25) is 0 Å². The molecule has 158 valence electrons. The second-order valence-electron chi connectivity index (χ2n) is 7.66. The number of ether oxygens (including phenoxy) is 2. The fraction of sp³-hybridized carbons (Fsp3) is 0.350. The predicted molar refractivity (Wildman–Crippen MR) is 107 cm³/mol. The molecule has 0 aliphatic carbocycles. The number of nitrogens with two attached hydrogens (primary N) is 2. The van der Waals surface area contributed by atoms with E-state index >= 15 is 0 Å². The summed E-state index contributed by atoms with van der Waals surface area (Å²) in [5.41, 5.74) is 9.61. The first-order valence-electron chi connectivity index (χ1n) is 9.77. The summed E-state index contributed by atoms with van der Waals surface area (Å²) >= 11 is 0. The van der Waals surface area contributed by atoms with Crippen molar-refractivity contribution in [2.75, 3.05) is 13.1 Å². The molecule has 5 rings (SSSR count). The SMILES string of the molecule is N/C(=C1/c2cc[nH]c2N=CN1N)C1CCN(Cc2cccc3c2OC(F)(F)O3)CC1. The lowest BCUT2D eigenvalue weighted by atomic mass is 9.91. The zero-order valence-electron chi connectivity index (χ0n) is 16.1. The number of alkyl halides is 2. The van der Waals surface area contributed by atoms with Gasteiger partial charge in [0.05, 0.1) is 5.70 Å². The predicted octanol–water partition coefficient (Wildman–Crippen LogP) is 2.72. The molecule has 10 heteroatoms. The summed E-state index contributed by atoms with van der Waals surface area (Å²) in [5.74, 6) is 7.20. The van der Waals surface area contributed by atoms with Gasteiger partial charge in [-0.2, -0.15) is 0 Å². The minimum absolute atomic E-state index is 0.0747. The third-order valence-electron chi connectivity index (χ3n) is 5.75. The molecule has 30 heavy (non-hydrogen) atoms. The largest absolute Gasteiger partial charge is 0.586 e. The van der Waals surface area contributed by atoms with E-state index in [-0.39, 0.29) is 17.4 Å². The van der Waals surface area contributed by atoms with Crippen LogP contribution in [0.1, 0.15) is 24.0 Å². The van der Waals surface area contributed by atoms with Crippen LogP contribution in [0.15, 0.2) is 41.2 Å². The molecule has 0 amide bonds. The van der Waals surface area contributed by atoms with Gasteiger partial charge in [0, 0.05) is 35.5 Å². The van der Waals surface area contributed by atoms with Crippen molar-refractivity contribution in [3.05, 3.63) is 47.3 Å². The zero-order valence-corrected chi connectivity index (χ0v) is 16.1. The zero-order chi connectivity index (χ0) is 20.9. The molecule has 2 aromatic rings. The second kappa shape index (κ2) is 6.99. The van der Waals surface area contributed by atoms with Gasteiger partial charge in [-0.15, -0.1) is 8.78 Å². The average Bonchev–Trinajstić information content (AvgIpc) is 3.31. The molecule has 0 saturated carbocycles. The summed E-state index contributed by atoms with van der Waals surface area (Å²) in [4.78, 5) is 9.53. The number of aliphatic imine (C=N–C) groups is 1. The van der Waals surface area contributed by atoms with E-state index in [1.165, 1.54) is 11.1 Å². The standard InChI is InChI=1S/C20H22F2N6O2/c21-20(22)29-15-3-1-2-13(18(15)30-20)10-27-8-5-12(6-9-27)16(23)17-14-4-7-25-19(14)26-11-28(17)24/h1-4,7,11-12,25H,5-6,8-10,23-24H2/b17-16-. The van der Waals surface area contributed by atoms with Crippen LogP contribution in [-0.2, 0) is 6.54 Å². The van der Waals surface area contributed by atoms with Gasteiger partial charge in [-0.05, 0) is 38.1 Å². The van der Waals surface area contributed by atoms with E-state index in [4.69, 9.17) is 16.3 Å². The van der Waals surface area contributed by atoms with Gasteiger partial charge >= 0.3 is 6.29 Å². The Labute approximate surface area is 171 Å². The first-order valence-corrected chi connectivity index (χ1v) is 9.77. The van der Waals surface area contributed by atoms with Gasteiger partial charge < -0.3 is 20.2 Å². The summed E-state index contributed by atoms with van der Waals surface area (Å²) in [7, 11) is 0. The third-order valence-corrected chi connectivity index (χ3v) is 5.75. The molecule has 0 bridgehead atoms. The van der Waals surface area contributed by atoms with Crippen molar-refractivity contribution in [1.82, 2.24) is 14.9 Å². The first-order chi connectivity index (χ1) is 14.4. The van der Waals surface area contributed by atoms with Gasteiger partial charge in [-0.3, -0.25) is 9.91 Å². The highest BCUT2D eigenvalue weighted by atomic mass is 19.3. The number of hydrogen-bond donors (Lipinski definition) is 3. The summed E-state index contributed by atoms with van der Waals surface area (Å²) in [5, 5.41) is 1.46. The Morgan fingerprint density at radius 2 is 2.03 bits per heavy atom. The number of likely N-dealkylation sites (tertiary alicyclic amines) is 1. The van der Waals surface area contributed by atoms with Crippen molar-refractivity contribution >= 4 is 17.9 Å². The number of hydrazine groups is 1. The summed E-state index contributed by atoms with van der Waals surface area (Å²) in [6.45, 7) is 2.06. The number of benzene rings is 1. The molecule has 0 spiro atoms. The quantitative estimate of drug-likeness (QED) is 0.665. The maximum Gasteiger partial charge on any atom is 0.586 e. The Kier molecular flexibility index (Phi) is 4.40. The number of halogens is 2. The van der Waals surface area contributed by atoms with Gasteiger partial charge in [0.2, 0.25) is 0 Å². The number of nitrogens with zero attached hydrogens (tertiary/aromatic N) is 3. The number of hydrogen-bond acceptors (Lipinski definition) is 7. The molecule has 0 unspecified atom stereocenters. The molecule has 8 nitrogen and oxygen atoms in total. The molecule has 0 atom stereocenters. The molecule has 4 heterocycles. The molecule has 3 aliphatic heterocycles. The van der Waals surface area contributed by atoms with Gasteiger partial charge in [0.25, 0.3) is 0 Å². The van der Waals surface area contributed by atoms with Crippen molar-refractivity contribution in [3.63, 3.8) is 0 Å². The van der Waals surface area contributed by atoms with E-state index in [2.05, 4.69) is 19.6 Å². The van der Waals surface area contributed by atoms with Crippen LogP contribution in [0.4, 0.5) is 14.6 Å². The van der Waals surface area contributed by atoms with Crippen molar-refractivity contribution in [3.8, 4) is 11.5 Å². The Morgan fingerprint density at radius 1 is 1.23 bits per heavy atom. The number of fused-ring (bicyclic) bond motifs is 2. The fourth-order valence-corrected chi connectivity index (χ4v) is 4.27. The molecule has 1 aromatic heterocycles. The fourth-order valence-electron chi connectivity index (χ4n) is 4.27. The van der Waals surface area contributed by atoms with Crippen LogP contribution in [0, 0.1) is 5.92 Å². The molecule has 0 radical (unpaired) electrons. The van der Waals surface area contributed by atoms with Crippen LogP contribution in [0.3, 0.4) is 0 Å². The van der Waals surface area contributed by atoms with Gasteiger partial charge in [-0.25, -0.2) is 10.8 Å². The summed E-state index contributed by atoms with van der Waals surface area (Å²) in [6.07, 6.45) is 1.42. The van der Waals surface area contributed by atoms with Crippen LogP contribution in [-0.4, -0.2) is 40.6 Å². The Morgan fingerprint density at radius 3 is 2.83 bits per heavy atom. The van der Waals surface area contributed by atoms with Crippen LogP contribution >= 0.6 is 0 Å². The summed E-state index contributed by atoms with van der Waals surface area (Å²) < 4.78 is 36.1. The van der Waals surface area contributed by atoms with Gasteiger partial charge in [0.1, 0.15) is 12.2 Å². The number of H-pyrrole nitrogens is 1. The maximum atomic E-state index is 13.4. The molecular weight excluding hydrogens is 394 g/mol. The highest BCUT2D eigenvalue weighted by molar-refractivity contribution is 5.86. The molecule has 1 aromatic carbocycles. The average molecular weight is 416 g/mol. The molecule has 1 saturated heterocycles. The number of para-hydroxylation sites is 1. The number of rotatable bonds is 3. The second-order valence-corrected chi connectivity index (χ2v) is 7.66. The summed E-state index contributed by atoms with van der Waals surface area (Å²) in [6, 6.07) is 6.88. The molecule has 1 fully saturated rings. The van der Waals surface area contributed by atoms with Crippen molar-refractivity contribution < 1.29 is 18.3 Å². The van der Waals surface area contributed by atoms with Crippen molar-refractivity contribution in [1.29, 1.82) is 0 Å². The van der Waals surface area contributed by atoms with E-state index in [0.717, 1.165) is 48.7 Å². The normalized spacial score (nSPS) is 22.3. The van der Waals surface area contributed by atoms with Gasteiger partial charge in [0.15, 0.2) is 11.5 Å². The maximum absolute atomic E-state index is 13.4. The van der Waals surface area contributed by atoms with E-state index < -0.39 is 6.29 Å². The van der Waals surface area contributed by atoms with Crippen LogP contribution in [0.25, 0.3) is 5.70 Å². The molecule has 3 aliphatic rings. The van der Waals surface area contributed by atoms with Gasteiger partial charge in [-0.1, -0.05) is 12.1 Å². The Balaban J connectivity index is 1.28. The number of piperidine rings is 1. The van der Waals surface area contributed by atoms with E-state index in [9.17, 15) is 8.78 Å². The Hall–Kier alpha value is -3.11. The highest BCUT2D eigenvalue weighted by Gasteiger charge is 2.44. The lowest BCUT2D eigenvalue weighted by Gasteiger charge is -2.34. The van der Waals surface area contributed by atoms with Crippen molar-refractivity contribution in [2.24, 2.45) is 22.5 Å². The monoisotopic (exact) mass is 416 g/mol. The Bertz CT molecular complexity index is 1030. The first kappa shape index (κ1) is 18.9. The minimum atomic E-state index is -3.61. The minimum Gasteiger partial charge on any atom is -0.400 e. The topological polar surface area (TPSA) is 105 Å². The number of aromatic amines is 1. The number of aromatic nitrogens is 1. The number of allylic oxidation sites excluding steroid dienone is 1. The van der Waals surface area contributed by atoms with Crippen LogP contribution in [0.5, 0.6) is 11.5 Å². The molecular formula is C20H22F2N6O2. The third kappa shape index (κ3) is 3.27. The highest BCUT2D eigenvalue weighted by Crippen LogP contribution is 2.44. The van der Waals surface area contributed by atoms with Crippen LogP contribution < -0.4 is 21.1 Å². The smallest absolute Gasteiger partial charge is 0.400 e.